The van der Waals surface area contributed by atoms with Crippen LogP contribution in [0.4, 0.5) is 5.69 Å². The minimum absolute atomic E-state index is 0.0204. The second-order valence-corrected chi connectivity index (χ2v) is 7.55. The number of para-hydroxylation sites is 2. The number of imidazole rings is 1. The summed E-state index contributed by atoms with van der Waals surface area (Å²) in [6.07, 6.45) is 1.25. The molecule has 0 aliphatic rings. The van der Waals surface area contributed by atoms with Crippen LogP contribution in [0, 0.1) is 0 Å². The first-order valence-corrected chi connectivity index (χ1v) is 10.1. The second-order valence-electron chi connectivity index (χ2n) is 6.64. The maximum atomic E-state index is 12.6. The molecule has 1 heterocycles. The van der Waals surface area contributed by atoms with E-state index in [0.29, 0.717) is 12.2 Å². The van der Waals surface area contributed by atoms with Crippen molar-refractivity contribution in [3.8, 4) is 0 Å². The van der Waals surface area contributed by atoms with Crippen LogP contribution in [0.1, 0.15) is 38.6 Å². The number of carbonyl (C=O) groups excluding carboxylic acids is 2. The highest BCUT2D eigenvalue weighted by Gasteiger charge is 2.19. The minimum Gasteiger partial charge on any atom is -0.346 e. The van der Waals surface area contributed by atoms with Crippen molar-refractivity contribution in [1.82, 2.24) is 14.9 Å². The Morgan fingerprint density at radius 1 is 1.11 bits per heavy atom. The van der Waals surface area contributed by atoms with Gasteiger partial charge < -0.3 is 15.2 Å². The van der Waals surface area contributed by atoms with E-state index in [1.54, 1.807) is 0 Å². The zero-order valence-corrected chi connectivity index (χ0v) is 17.5. The van der Waals surface area contributed by atoms with Crippen molar-refractivity contribution in [2.24, 2.45) is 0 Å². The molecule has 1 atom stereocenters. The van der Waals surface area contributed by atoms with E-state index in [0.717, 1.165) is 27.6 Å². The topological polar surface area (TPSA) is 76.0 Å². The lowest BCUT2D eigenvalue weighted by Gasteiger charge is -2.16. The maximum Gasteiger partial charge on any atom is 0.244 e. The summed E-state index contributed by atoms with van der Waals surface area (Å²) in [5.74, 6) is 0.489. The molecule has 2 aromatic carbocycles. The number of amides is 2. The predicted molar refractivity (Wildman–Crippen MR) is 114 cm³/mol. The number of aromatic nitrogens is 2. The van der Waals surface area contributed by atoms with Gasteiger partial charge in [0, 0.05) is 16.6 Å². The molecule has 0 saturated carbocycles. The molecule has 1 aromatic heterocycles. The first-order valence-electron chi connectivity index (χ1n) is 9.28. The van der Waals surface area contributed by atoms with Gasteiger partial charge in [0.05, 0.1) is 17.1 Å². The number of rotatable bonds is 7. The zero-order valence-electron chi connectivity index (χ0n) is 15.9. The Morgan fingerprint density at radius 2 is 1.82 bits per heavy atom. The van der Waals surface area contributed by atoms with Crippen molar-refractivity contribution >= 4 is 44.5 Å². The molecular weight excluding hydrogens is 420 g/mol. The molecule has 6 nitrogen and oxygen atoms in total. The number of carbonyl (C=O) groups is 2. The highest BCUT2D eigenvalue weighted by atomic mass is 79.9. The Labute approximate surface area is 172 Å². The highest BCUT2D eigenvalue weighted by Crippen LogP contribution is 2.21. The van der Waals surface area contributed by atoms with Gasteiger partial charge >= 0.3 is 0 Å². The third-order valence-electron chi connectivity index (χ3n) is 4.36. The van der Waals surface area contributed by atoms with Crippen molar-refractivity contribution in [1.29, 1.82) is 0 Å². The lowest BCUT2D eigenvalue weighted by molar-refractivity contribution is -0.121. The van der Waals surface area contributed by atoms with Gasteiger partial charge in [0.15, 0.2) is 0 Å². The molecule has 1 unspecified atom stereocenters. The smallest absolute Gasteiger partial charge is 0.244 e. The molecule has 2 amide bonds. The Balaban J connectivity index is 1.84. The van der Waals surface area contributed by atoms with Crippen LogP contribution < -0.4 is 10.6 Å². The molecular formula is C21H23BrN4O2. The molecule has 28 heavy (non-hydrogen) atoms. The third-order valence-corrected chi connectivity index (χ3v) is 4.88. The van der Waals surface area contributed by atoms with Crippen molar-refractivity contribution in [2.45, 2.75) is 39.3 Å². The second kappa shape index (κ2) is 9.01. The molecule has 0 saturated heterocycles. The summed E-state index contributed by atoms with van der Waals surface area (Å²) in [5, 5.41) is 5.87. The molecule has 0 spiro atoms. The number of benzene rings is 2. The predicted octanol–water partition coefficient (Wildman–Crippen LogP) is 4.41. The molecule has 3 rings (SSSR count). The van der Waals surface area contributed by atoms with Crippen LogP contribution in [0.2, 0.25) is 0 Å². The fourth-order valence-electron chi connectivity index (χ4n) is 3.07. The number of nitrogens with one attached hydrogen (secondary N) is 2. The van der Waals surface area contributed by atoms with Crippen LogP contribution in [-0.2, 0) is 16.1 Å². The number of hydrogen-bond acceptors (Lipinski definition) is 3. The van der Waals surface area contributed by atoms with Crippen molar-refractivity contribution in [2.75, 3.05) is 5.32 Å². The van der Waals surface area contributed by atoms with E-state index in [1.165, 1.54) is 0 Å². The molecule has 2 N–H and O–H groups in total. The number of anilines is 1. The van der Waals surface area contributed by atoms with Gasteiger partial charge in [0.2, 0.25) is 11.8 Å². The van der Waals surface area contributed by atoms with Gasteiger partial charge in [-0.1, -0.05) is 35.0 Å². The van der Waals surface area contributed by atoms with E-state index in [2.05, 4.69) is 31.5 Å². The molecule has 0 fully saturated rings. The molecule has 146 valence electrons. The average molecular weight is 443 g/mol. The molecule has 0 aliphatic heterocycles. The highest BCUT2D eigenvalue weighted by molar-refractivity contribution is 9.10. The van der Waals surface area contributed by atoms with Crippen molar-refractivity contribution in [3.63, 3.8) is 0 Å². The molecule has 7 heteroatoms. The van der Waals surface area contributed by atoms with Gasteiger partial charge in [0.1, 0.15) is 12.4 Å². The zero-order chi connectivity index (χ0) is 20.1. The van der Waals surface area contributed by atoms with Crippen LogP contribution in [0.15, 0.2) is 53.0 Å². The van der Waals surface area contributed by atoms with Gasteiger partial charge in [-0.3, -0.25) is 9.59 Å². The third kappa shape index (κ3) is 4.78. The largest absolute Gasteiger partial charge is 0.346 e. The molecule has 0 bridgehead atoms. The van der Waals surface area contributed by atoms with Crippen LogP contribution in [-0.4, -0.2) is 21.4 Å². The lowest BCUT2D eigenvalue weighted by Crippen LogP contribution is -2.29. The summed E-state index contributed by atoms with van der Waals surface area (Å²) in [6, 6.07) is 14.8. The van der Waals surface area contributed by atoms with Crippen LogP contribution in [0.3, 0.4) is 0 Å². The van der Waals surface area contributed by atoms with E-state index in [1.807, 2.05) is 66.9 Å². The van der Waals surface area contributed by atoms with Crippen LogP contribution in [0.5, 0.6) is 0 Å². The summed E-state index contributed by atoms with van der Waals surface area (Å²) in [4.78, 5) is 29.3. The Hall–Kier alpha value is -2.67. The number of nitrogens with zero attached hydrogens (tertiary/aromatic N) is 2. The minimum atomic E-state index is -0.299. The van der Waals surface area contributed by atoms with E-state index in [4.69, 9.17) is 0 Å². The van der Waals surface area contributed by atoms with Gasteiger partial charge in [-0.05, 0) is 49.7 Å². The van der Waals surface area contributed by atoms with E-state index in [9.17, 15) is 9.59 Å². The average Bonchev–Trinajstić information content (AvgIpc) is 3.02. The van der Waals surface area contributed by atoms with Crippen LogP contribution in [0.25, 0.3) is 11.0 Å². The molecule has 3 aromatic rings. The number of hydrogen-bond donors (Lipinski definition) is 2. The summed E-state index contributed by atoms with van der Waals surface area (Å²) in [7, 11) is 0. The monoisotopic (exact) mass is 442 g/mol. The van der Waals surface area contributed by atoms with E-state index in [-0.39, 0.29) is 24.4 Å². The first-order chi connectivity index (χ1) is 13.5. The molecule has 0 radical (unpaired) electrons. The van der Waals surface area contributed by atoms with E-state index < -0.39 is 0 Å². The van der Waals surface area contributed by atoms with E-state index >= 15 is 0 Å². The fraction of sp³-hybridized carbons (Fsp3) is 0.286. The van der Waals surface area contributed by atoms with Crippen LogP contribution >= 0.6 is 15.9 Å². The van der Waals surface area contributed by atoms with Gasteiger partial charge in [-0.25, -0.2) is 4.98 Å². The van der Waals surface area contributed by atoms with Gasteiger partial charge in [0.25, 0.3) is 0 Å². The lowest BCUT2D eigenvalue weighted by atomic mass is 10.2. The fourth-order valence-corrected chi connectivity index (χ4v) is 3.34. The summed E-state index contributed by atoms with van der Waals surface area (Å²) < 4.78 is 2.81. The maximum absolute atomic E-state index is 12.6. The standard InChI is InChI=1S/C21H23BrN4O2/c1-3-6-19(27)23-14(2)21-25-17-7-4-5-8-18(17)26(21)13-20(28)24-16-11-9-15(22)10-12-16/h4-5,7-12,14H,3,6,13H2,1-2H3,(H,23,27)(H,24,28). The Kier molecular flexibility index (Phi) is 6.46. The number of fused-ring (bicyclic) bond motifs is 1. The molecule has 0 aliphatic carbocycles. The first kappa shape index (κ1) is 20.1. The quantitative estimate of drug-likeness (QED) is 0.568. The summed E-state index contributed by atoms with van der Waals surface area (Å²) in [6.45, 7) is 3.96. The van der Waals surface area contributed by atoms with Gasteiger partial charge in [-0.15, -0.1) is 0 Å². The summed E-state index contributed by atoms with van der Waals surface area (Å²) >= 11 is 3.38. The normalized spacial score (nSPS) is 12.0. The van der Waals surface area contributed by atoms with Gasteiger partial charge in [-0.2, -0.15) is 0 Å². The Bertz CT molecular complexity index is 982. The summed E-state index contributed by atoms with van der Waals surface area (Å²) in [5.41, 5.74) is 2.38. The van der Waals surface area contributed by atoms with Crippen molar-refractivity contribution in [3.05, 3.63) is 58.8 Å². The SMILES string of the molecule is CCCC(=O)NC(C)c1nc2ccccc2n1CC(=O)Nc1ccc(Br)cc1. The van der Waals surface area contributed by atoms with Crippen molar-refractivity contribution < 1.29 is 9.59 Å². The number of halogens is 1. The Morgan fingerprint density at radius 3 is 2.54 bits per heavy atom.